The zero-order valence-corrected chi connectivity index (χ0v) is 10.3. The van der Waals surface area contributed by atoms with Crippen LogP contribution in [0.2, 0.25) is 5.02 Å². The molecule has 1 atom stereocenters. The monoisotopic (exact) mass is 277 g/mol. The minimum atomic E-state index is -1.05. The molecule has 1 aliphatic heterocycles. The molecule has 0 aliphatic carbocycles. The second-order valence-corrected chi connectivity index (χ2v) is 4.39. The van der Waals surface area contributed by atoms with E-state index in [0.29, 0.717) is 10.6 Å². The number of carbonyl (C=O) groups is 2. The second-order valence-electron chi connectivity index (χ2n) is 3.99. The zero-order valence-electron chi connectivity index (χ0n) is 9.50. The van der Waals surface area contributed by atoms with Gasteiger partial charge in [0.1, 0.15) is 5.92 Å². The number of benzene rings is 1. The van der Waals surface area contributed by atoms with Crippen molar-refractivity contribution >= 4 is 35.3 Å². The van der Waals surface area contributed by atoms with Gasteiger partial charge in [-0.15, -0.1) is 5.10 Å². The molecule has 2 aromatic rings. The quantitative estimate of drug-likeness (QED) is 0.754. The van der Waals surface area contributed by atoms with Crippen LogP contribution in [0.25, 0.3) is 0 Å². The van der Waals surface area contributed by atoms with Gasteiger partial charge in [0.25, 0.3) is 5.91 Å². The molecule has 0 radical (unpaired) electrons. The van der Waals surface area contributed by atoms with E-state index >= 15 is 0 Å². The molecule has 0 fully saturated rings. The maximum Gasteiger partial charge on any atom is 0.267 e. The van der Waals surface area contributed by atoms with Gasteiger partial charge in [-0.3, -0.25) is 14.9 Å². The van der Waals surface area contributed by atoms with Crippen molar-refractivity contribution < 1.29 is 9.59 Å². The number of hydrogen-bond donors (Lipinski definition) is 2. The van der Waals surface area contributed by atoms with Crippen molar-refractivity contribution in [2.45, 2.75) is 5.92 Å². The highest BCUT2D eigenvalue weighted by Crippen LogP contribution is 2.30. The van der Waals surface area contributed by atoms with E-state index in [9.17, 15) is 9.59 Å². The SMILES string of the molecule is Nc1nc2n(n1)C(=O)C(c1ccccc1Cl)C(=O)N2. The lowest BCUT2D eigenvalue weighted by Gasteiger charge is -2.21. The van der Waals surface area contributed by atoms with Crippen LogP contribution in [0.15, 0.2) is 24.3 Å². The zero-order chi connectivity index (χ0) is 13.6. The Morgan fingerprint density at radius 1 is 1.32 bits per heavy atom. The highest BCUT2D eigenvalue weighted by atomic mass is 35.5. The average Bonchev–Trinajstić information content (AvgIpc) is 2.72. The van der Waals surface area contributed by atoms with Crippen molar-refractivity contribution in [3.05, 3.63) is 34.9 Å². The van der Waals surface area contributed by atoms with Crippen LogP contribution in [0.5, 0.6) is 0 Å². The summed E-state index contributed by atoms with van der Waals surface area (Å²) in [4.78, 5) is 28.0. The molecule has 0 bridgehead atoms. The van der Waals surface area contributed by atoms with Crippen LogP contribution < -0.4 is 11.1 Å². The average molecular weight is 278 g/mol. The van der Waals surface area contributed by atoms with Crippen molar-refractivity contribution in [3.63, 3.8) is 0 Å². The van der Waals surface area contributed by atoms with Crippen LogP contribution in [0.4, 0.5) is 11.9 Å². The first-order valence-corrected chi connectivity index (χ1v) is 5.78. The van der Waals surface area contributed by atoms with E-state index in [0.717, 1.165) is 4.68 Å². The number of hydrogen-bond acceptors (Lipinski definition) is 5. The Kier molecular flexibility index (Phi) is 2.49. The summed E-state index contributed by atoms with van der Waals surface area (Å²) in [6, 6.07) is 6.65. The molecule has 8 heteroatoms. The molecule has 0 spiro atoms. The van der Waals surface area contributed by atoms with Crippen molar-refractivity contribution in [1.29, 1.82) is 0 Å². The molecule has 1 aromatic heterocycles. The van der Waals surface area contributed by atoms with Gasteiger partial charge in [-0.05, 0) is 11.6 Å². The number of halogens is 1. The fourth-order valence-electron chi connectivity index (χ4n) is 1.96. The van der Waals surface area contributed by atoms with E-state index < -0.39 is 17.7 Å². The number of aromatic nitrogens is 3. The molecule has 7 nitrogen and oxygen atoms in total. The molecule has 2 heterocycles. The minimum Gasteiger partial charge on any atom is -0.366 e. The van der Waals surface area contributed by atoms with Gasteiger partial charge in [0.05, 0.1) is 0 Å². The fraction of sp³-hybridized carbons (Fsp3) is 0.0909. The van der Waals surface area contributed by atoms with Gasteiger partial charge in [0.15, 0.2) is 0 Å². The van der Waals surface area contributed by atoms with Gasteiger partial charge in [0, 0.05) is 5.02 Å². The summed E-state index contributed by atoms with van der Waals surface area (Å²) in [6.07, 6.45) is 0. The molecule has 96 valence electrons. The van der Waals surface area contributed by atoms with Gasteiger partial charge in [-0.2, -0.15) is 9.67 Å². The minimum absolute atomic E-state index is 0.0239. The summed E-state index contributed by atoms with van der Waals surface area (Å²) < 4.78 is 0.977. The van der Waals surface area contributed by atoms with E-state index in [1.165, 1.54) is 0 Å². The third kappa shape index (κ3) is 1.75. The Morgan fingerprint density at radius 3 is 2.79 bits per heavy atom. The first-order valence-electron chi connectivity index (χ1n) is 5.40. The Bertz CT molecular complexity index is 696. The van der Waals surface area contributed by atoms with Crippen molar-refractivity contribution in [2.24, 2.45) is 0 Å². The molecule has 1 aliphatic rings. The molecule has 3 rings (SSSR count). The van der Waals surface area contributed by atoms with Crippen molar-refractivity contribution in [2.75, 3.05) is 11.1 Å². The first kappa shape index (κ1) is 11.7. The molecule has 19 heavy (non-hydrogen) atoms. The second kappa shape index (κ2) is 4.06. The summed E-state index contributed by atoms with van der Waals surface area (Å²) in [5.74, 6) is -2.14. The molecule has 3 N–H and O–H groups in total. The molecule has 0 saturated heterocycles. The van der Waals surface area contributed by atoms with Crippen LogP contribution in [-0.4, -0.2) is 26.6 Å². The number of nitrogens with one attached hydrogen (secondary N) is 1. The molecule has 1 unspecified atom stereocenters. The number of amides is 1. The number of anilines is 2. The lowest BCUT2D eigenvalue weighted by Crippen LogP contribution is -2.38. The third-order valence-electron chi connectivity index (χ3n) is 2.79. The van der Waals surface area contributed by atoms with Crippen LogP contribution in [-0.2, 0) is 4.79 Å². The standard InChI is InChI=1S/C11H8ClN5O2/c12-6-4-2-1-3-5(6)7-8(18)14-11-15-10(13)16-17(11)9(7)19/h1-4,7H,(H3,13,14,15,16,18). The van der Waals surface area contributed by atoms with Gasteiger partial charge >= 0.3 is 0 Å². The number of fused-ring (bicyclic) bond motifs is 1. The van der Waals surface area contributed by atoms with Crippen LogP contribution >= 0.6 is 11.6 Å². The first-order chi connectivity index (χ1) is 9.08. The molecular formula is C11H8ClN5O2. The Morgan fingerprint density at radius 2 is 2.05 bits per heavy atom. The molecular weight excluding hydrogens is 270 g/mol. The molecule has 1 aromatic carbocycles. The highest BCUT2D eigenvalue weighted by molar-refractivity contribution is 6.32. The fourth-order valence-corrected chi connectivity index (χ4v) is 2.21. The van der Waals surface area contributed by atoms with Gasteiger partial charge in [-0.1, -0.05) is 29.8 Å². The predicted octanol–water partition coefficient (Wildman–Crippen LogP) is 0.890. The Balaban J connectivity index is 2.12. The number of nitrogens with two attached hydrogens (primary N) is 1. The van der Waals surface area contributed by atoms with Gasteiger partial charge < -0.3 is 5.73 Å². The Hall–Kier alpha value is -2.41. The van der Waals surface area contributed by atoms with E-state index in [1.54, 1.807) is 24.3 Å². The summed E-state index contributed by atoms with van der Waals surface area (Å²) in [6.45, 7) is 0. The molecule has 0 saturated carbocycles. The normalized spacial score (nSPS) is 18.1. The van der Waals surface area contributed by atoms with Crippen LogP contribution in [0, 0.1) is 0 Å². The number of carbonyl (C=O) groups excluding carboxylic acids is 2. The third-order valence-corrected chi connectivity index (χ3v) is 3.14. The summed E-state index contributed by atoms with van der Waals surface area (Å²) in [7, 11) is 0. The maximum atomic E-state index is 12.3. The number of nitrogens with zero attached hydrogens (tertiary/aromatic N) is 3. The highest BCUT2D eigenvalue weighted by Gasteiger charge is 2.38. The number of rotatable bonds is 1. The van der Waals surface area contributed by atoms with E-state index in [-0.39, 0.29) is 11.9 Å². The molecule has 1 amide bonds. The topological polar surface area (TPSA) is 103 Å². The van der Waals surface area contributed by atoms with Crippen molar-refractivity contribution in [1.82, 2.24) is 14.8 Å². The Labute approximate surface area is 112 Å². The maximum absolute atomic E-state index is 12.3. The van der Waals surface area contributed by atoms with E-state index in [4.69, 9.17) is 17.3 Å². The summed E-state index contributed by atoms with van der Waals surface area (Å²) in [5, 5.41) is 6.57. The summed E-state index contributed by atoms with van der Waals surface area (Å²) in [5.41, 5.74) is 5.83. The largest absolute Gasteiger partial charge is 0.366 e. The summed E-state index contributed by atoms with van der Waals surface area (Å²) >= 11 is 6.02. The number of nitrogen functional groups attached to an aromatic ring is 1. The smallest absolute Gasteiger partial charge is 0.267 e. The van der Waals surface area contributed by atoms with E-state index in [1.807, 2.05) is 0 Å². The lowest BCUT2D eigenvalue weighted by molar-refractivity contribution is -0.117. The van der Waals surface area contributed by atoms with Crippen LogP contribution in [0.1, 0.15) is 16.3 Å². The lowest BCUT2D eigenvalue weighted by atomic mass is 9.96. The predicted molar refractivity (Wildman–Crippen MR) is 67.9 cm³/mol. The van der Waals surface area contributed by atoms with Crippen LogP contribution in [0.3, 0.4) is 0 Å². The van der Waals surface area contributed by atoms with Gasteiger partial charge in [0.2, 0.25) is 17.8 Å². The van der Waals surface area contributed by atoms with Gasteiger partial charge in [-0.25, -0.2) is 0 Å². The van der Waals surface area contributed by atoms with E-state index in [2.05, 4.69) is 15.4 Å². The van der Waals surface area contributed by atoms with Crippen molar-refractivity contribution in [3.8, 4) is 0 Å².